The third-order valence-corrected chi connectivity index (χ3v) is 2.90. The Kier molecular flexibility index (Phi) is 5.54. The molecular weight excluding hydrogens is 310 g/mol. The fourth-order valence-electron chi connectivity index (χ4n) is 1.60. The summed E-state index contributed by atoms with van der Waals surface area (Å²) in [4.78, 5) is 25.2. The molecule has 0 N–H and O–H groups in total. The highest BCUT2D eigenvalue weighted by Gasteiger charge is 2.30. The van der Waals surface area contributed by atoms with Crippen molar-refractivity contribution >= 4 is 27.8 Å². The van der Waals surface area contributed by atoms with Crippen LogP contribution < -0.4 is 0 Å². The summed E-state index contributed by atoms with van der Waals surface area (Å²) in [6.45, 7) is 3.83. The van der Waals surface area contributed by atoms with E-state index in [0.29, 0.717) is 6.54 Å². The summed E-state index contributed by atoms with van der Waals surface area (Å²) < 4.78 is 3.92. The molecule has 0 aliphatic rings. The number of amides is 1. The maximum absolute atomic E-state index is 12.3. The van der Waals surface area contributed by atoms with Crippen molar-refractivity contribution in [2.24, 2.45) is 0 Å². The zero-order valence-corrected chi connectivity index (χ0v) is 12.9. The summed E-state index contributed by atoms with van der Waals surface area (Å²) in [5, 5.41) is 0. The van der Waals surface area contributed by atoms with E-state index in [4.69, 9.17) is 0 Å². The van der Waals surface area contributed by atoms with Crippen molar-refractivity contribution in [3.05, 3.63) is 35.9 Å². The molecule has 5 heteroatoms. The fourth-order valence-corrected chi connectivity index (χ4v) is 1.85. The molecule has 0 radical (unpaired) electrons. The van der Waals surface area contributed by atoms with Crippen molar-refractivity contribution in [2.45, 2.75) is 24.7 Å². The Balaban J connectivity index is 2.87. The highest BCUT2D eigenvalue weighted by molar-refractivity contribution is 9.10. The van der Waals surface area contributed by atoms with Gasteiger partial charge in [-0.2, -0.15) is 0 Å². The summed E-state index contributed by atoms with van der Waals surface area (Å²) >= 11 is 3.33. The molecule has 1 aromatic carbocycles. The van der Waals surface area contributed by atoms with Crippen LogP contribution in [-0.4, -0.2) is 34.8 Å². The number of nitrogens with zero attached hydrogens (tertiary/aromatic N) is 1. The number of hydrogen-bond acceptors (Lipinski definition) is 3. The number of ether oxygens (including phenoxy) is 1. The standard InChI is InChI=1S/C14H18BrNO3/c1-14(2,15)13(18)16(10-12(17)19-3)9-11-7-5-4-6-8-11/h4-8H,9-10H2,1-3H3. The minimum absolute atomic E-state index is 0.0563. The molecule has 0 aromatic heterocycles. The predicted octanol–water partition coefficient (Wildman–Crippen LogP) is 2.36. The maximum atomic E-state index is 12.3. The lowest BCUT2D eigenvalue weighted by molar-refractivity contribution is -0.147. The molecule has 0 saturated carbocycles. The lowest BCUT2D eigenvalue weighted by atomic mass is 10.1. The van der Waals surface area contributed by atoms with Gasteiger partial charge in [-0.3, -0.25) is 9.59 Å². The molecule has 0 aliphatic carbocycles. The van der Waals surface area contributed by atoms with Crippen molar-refractivity contribution in [1.29, 1.82) is 0 Å². The van der Waals surface area contributed by atoms with E-state index in [1.165, 1.54) is 12.0 Å². The molecule has 1 aromatic rings. The van der Waals surface area contributed by atoms with Gasteiger partial charge in [-0.05, 0) is 19.4 Å². The molecule has 1 amide bonds. The number of methoxy groups -OCH3 is 1. The van der Waals surface area contributed by atoms with Crippen molar-refractivity contribution < 1.29 is 14.3 Å². The van der Waals surface area contributed by atoms with Crippen LogP contribution in [0.5, 0.6) is 0 Å². The summed E-state index contributed by atoms with van der Waals surface area (Å²) in [5.74, 6) is -0.581. The number of hydrogen-bond donors (Lipinski definition) is 0. The lowest BCUT2D eigenvalue weighted by Crippen LogP contribution is -2.44. The van der Waals surface area contributed by atoms with Gasteiger partial charge in [0.25, 0.3) is 0 Å². The number of alkyl halides is 1. The monoisotopic (exact) mass is 327 g/mol. The van der Waals surface area contributed by atoms with Crippen LogP contribution in [-0.2, 0) is 20.9 Å². The molecule has 104 valence electrons. The smallest absolute Gasteiger partial charge is 0.325 e. The van der Waals surface area contributed by atoms with Crippen LogP contribution in [0.2, 0.25) is 0 Å². The van der Waals surface area contributed by atoms with Crippen molar-refractivity contribution in [3.8, 4) is 0 Å². The Morgan fingerprint density at radius 2 is 1.84 bits per heavy atom. The average molecular weight is 328 g/mol. The van der Waals surface area contributed by atoms with Gasteiger partial charge in [-0.15, -0.1) is 0 Å². The summed E-state index contributed by atoms with van der Waals surface area (Å²) in [6, 6.07) is 9.53. The molecule has 19 heavy (non-hydrogen) atoms. The van der Waals surface area contributed by atoms with Gasteiger partial charge < -0.3 is 9.64 Å². The van der Waals surface area contributed by atoms with Crippen LogP contribution in [0.25, 0.3) is 0 Å². The number of esters is 1. The zero-order chi connectivity index (χ0) is 14.5. The number of carbonyl (C=O) groups is 2. The molecular formula is C14H18BrNO3. The zero-order valence-electron chi connectivity index (χ0n) is 11.4. The Labute approximate surface area is 121 Å². The minimum Gasteiger partial charge on any atom is -0.468 e. The van der Waals surface area contributed by atoms with Crippen molar-refractivity contribution in [1.82, 2.24) is 4.90 Å². The Hall–Kier alpha value is -1.36. The van der Waals surface area contributed by atoms with Gasteiger partial charge in [0.05, 0.1) is 11.4 Å². The second kappa shape index (κ2) is 6.70. The topological polar surface area (TPSA) is 46.6 Å². The quantitative estimate of drug-likeness (QED) is 0.616. The van der Waals surface area contributed by atoms with E-state index in [1.54, 1.807) is 13.8 Å². The lowest BCUT2D eigenvalue weighted by Gasteiger charge is -2.27. The highest BCUT2D eigenvalue weighted by Crippen LogP contribution is 2.20. The Morgan fingerprint density at radius 1 is 1.26 bits per heavy atom. The van der Waals surface area contributed by atoms with E-state index in [-0.39, 0.29) is 12.5 Å². The van der Waals surface area contributed by atoms with Gasteiger partial charge in [0.2, 0.25) is 5.91 Å². The van der Waals surface area contributed by atoms with E-state index >= 15 is 0 Å². The normalized spacial score (nSPS) is 10.9. The third-order valence-electron chi connectivity index (χ3n) is 2.56. The molecule has 0 saturated heterocycles. The molecule has 0 spiro atoms. The molecule has 0 aliphatic heterocycles. The third kappa shape index (κ3) is 5.03. The predicted molar refractivity (Wildman–Crippen MR) is 76.9 cm³/mol. The highest BCUT2D eigenvalue weighted by atomic mass is 79.9. The Morgan fingerprint density at radius 3 is 2.32 bits per heavy atom. The molecule has 0 atom stereocenters. The van der Waals surface area contributed by atoms with Crippen LogP contribution in [0, 0.1) is 0 Å². The van der Waals surface area contributed by atoms with Crippen LogP contribution in [0.3, 0.4) is 0 Å². The van der Waals surface area contributed by atoms with E-state index < -0.39 is 10.3 Å². The second-order valence-corrected chi connectivity index (χ2v) is 6.68. The number of carbonyl (C=O) groups excluding carboxylic acids is 2. The fraction of sp³-hybridized carbons (Fsp3) is 0.429. The van der Waals surface area contributed by atoms with Crippen molar-refractivity contribution in [3.63, 3.8) is 0 Å². The van der Waals surface area contributed by atoms with Crippen LogP contribution >= 0.6 is 15.9 Å². The first kappa shape index (κ1) is 15.7. The minimum atomic E-state index is -0.712. The SMILES string of the molecule is COC(=O)CN(Cc1ccccc1)C(=O)C(C)(C)Br. The average Bonchev–Trinajstić information content (AvgIpc) is 2.37. The summed E-state index contributed by atoms with van der Waals surface area (Å²) in [5.41, 5.74) is 0.969. The van der Waals surface area contributed by atoms with Gasteiger partial charge in [0.15, 0.2) is 0 Å². The number of rotatable bonds is 5. The van der Waals surface area contributed by atoms with E-state index in [0.717, 1.165) is 5.56 Å². The molecule has 4 nitrogen and oxygen atoms in total. The molecule has 0 heterocycles. The van der Waals surface area contributed by atoms with Gasteiger partial charge in [0.1, 0.15) is 6.54 Å². The Bertz CT molecular complexity index is 440. The first-order chi connectivity index (χ1) is 8.84. The molecule has 1 rings (SSSR count). The van der Waals surface area contributed by atoms with E-state index in [9.17, 15) is 9.59 Å². The van der Waals surface area contributed by atoms with Gasteiger partial charge >= 0.3 is 5.97 Å². The number of halogens is 1. The van der Waals surface area contributed by atoms with Gasteiger partial charge in [-0.1, -0.05) is 46.3 Å². The van der Waals surface area contributed by atoms with Crippen LogP contribution in [0.15, 0.2) is 30.3 Å². The van der Waals surface area contributed by atoms with Crippen molar-refractivity contribution in [2.75, 3.05) is 13.7 Å². The maximum Gasteiger partial charge on any atom is 0.325 e. The number of benzene rings is 1. The van der Waals surface area contributed by atoms with E-state index in [2.05, 4.69) is 20.7 Å². The van der Waals surface area contributed by atoms with Crippen LogP contribution in [0.4, 0.5) is 0 Å². The summed E-state index contributed by atoms with van der Waals surface area (Å²) in [7, 11) is 1.31. The summed E-state index contributed by atoms with van der Waals surface area (Å²) in [6.07, 6.45) is 0. The molecule has 0 bridgehead atoms. The second-order valence-electron chi connectivity index (χ2n) is 4.70. The van der Waals surface area contributed by atoms with Gasteiger partial charge in [0, 0.05) is 6.54 Å². The first-order valence-corrected chi connectivity index (χ1v) is 6.73. The van der Waals surface area contributed by atoms with E-state index in [1.807, 2.05) is 30.3 Å². The van der Waals surface area contributed by atoms with Crippen LogP contribution in [0.1, 0.15) is 19.4 Å². The molecule has 0 unspecified atom stereocenters. The first-order valence-electron chi connectivity index (χ1n) is 5.93. The molecule has 0 fully saturated rings. The van der Waals surface area contributed by atoms with Gasteiger partial charge in [-0.25, -0.2) is 0 Å². The largest absolute Gasteiger partial charge is 0.468 e.